The zero-order valence-electron chi connectivity index (χ0n) is 8.01. The van der Waals surface area contributed by atoms with Gasteiger partial charge in [0.25, 0.3) is 0 Å². The van der Waals surface area contributed by atoms with Crippen LogP contribution < -0.4 is 10.6 Å². The fourth-order valence-electron chi connectivity index (χ4n) is 1.80. The van der Waals surface area contributed by atoms with E-state index in [9.17, 15) is 8.78 Å². The van der Waals surface area contributed by atoms with E-state index in [1.807, 2.05) is 0 Å². The number of nitrogens with two attached hydrogens (primary N) is 1. The molecule has 2 nitrogen and oxygen atoms in total. The molecule has 5 heteroatoms. The lowest BCUT2D eigenvalue weighted by Gasteiger charge is -2.19. The van der Waals surface area contributed by atoms with E-state index in [-0.39, 0.29) is 16.2 Å². The molecule has 1 saturated heterocycles. The molecule has 0 amide bonds. The Balaban J connectivity index is 2.39. The third-order valence-corrected chi connectivity index (χ3v) is 3.17. The lowest BCUT2D eigenvalue weighted by atomic mass is 10.2. The Kier molecular flexibility index (Phi) is 2.93. The summed E-state index contributed by atoms with van der Waals surface area (Å²) in [4.78, 5) is 1.65. The molecular formula is C10H11BrF2N2. The summed E-state index contributed by atoms with van der Waals surface area (Å²) in [7, 11) is 0. The molecule has 2 N–H and O–H groups in total. The van der Waals surface area contributed by atoms with Crippen LogP contribution in [0.1, 0.15) is 6.42 Å². The molecule has 0 spiro atoms. The van der Waals surface area contributed by atoms with Gasteiger partial charge in [0, 0.05) is 19.1 Å². The van der Waals surface area contributed by atoms with Gasteiger partial charge in [-0.3, -0.25) is 0 Å². The van der Waals surface area contributed by atoms with Gasteiger partial charge in [0.05, 0.1) is 4.47 Å². The number of nitrogens with zero attached hydrogens (tertiary/aromatic N) is 1. The van der Waals surface area contributed by atoms with Crippen molar-refractivity contribution in [1.29, 1.82) is 0 Å². The minimum atomic E-state index is -0.552. The molecule has 0 saturated carbocycles. The van der Waals surface area contributed by atoms with Crippen LogP contribution in [0.25, 0.3) is 0 Å². The van der Waals surface area contributed by atoms with E-state index >= 15 is 0 Å². The van der Waals surface area contributed by atoms with Gasteiger partial charge in [-0.05, 0) is 34.5 Å². The molecular weight excluding hydrogens is 266 g/mol. The Bertz CT molecular complexity index is 384. The highest BCUT2D eigenvalue weighted by Gasteiger charge is 2.25. The SMILES string of the molecule is NC1CCN(c2c(F)ccc(Br)c2F)C1. The molecule has 1 aromatic carbocycles. The first-order chi connectivity index (χ1) is 7.09. The van der Waals surface area contributed by atoms with Crippen molar-refractivity contribution in [3.8, 4) is 0 Å². The van der Waals surface area contributed by atoms with Crippen LogP contribution in [0, 0.1) is 11.6 Å². The molecule has 0 bridgehead atoms. The van der Waals surface area contributed by atoms with E-state index in [0.717, 1.165) is 6.42 Å². The Morgan fingerprint density at radius 1 is 1.40 bits per heavy atom. The van der Waals surface area contributed by atoms with E-state index in [2.05, 4.69) is 15.9 Å². The second kappa shape index (κ2) is 4.06. The molecule has 0 aromatic heterocycles. The van der Waals surface area contributed by atoms with Gasteiger partial charge in [0.1, 0.15) is 11.5 Å². The fourth-order valence-corrected chi connectivity index (χ4v) is 2.12. The Labute approximate surface area is 95.2 Å². The number of hydrogen-bond acceptors (Lipinski definition) is 2. The maximum atomic E-state index is 13.7. The van der Waals surface area contributed by atoms with Gasteiger partial charge >= 0.3 is 0 Å². The number of halogens is 3. The zero-order chi connectivity index (χ0) is 11.0. The van der Waals surface area contributed by atoms with Gasteiger partial charge in [-0.15, -0.1) is 0 Å². The zero-order valence-corrected chi connectivity index (χ0v) is 9.60. The quantitative estimate of drug-likeness (QED) is 0.798. The van der Waals surface area contributed by atoms with Crippen LogP contribution in [0.2, 0.25) is 0 Å². The van der Waals surface area contributed by atoms with Crippen LogP contribution in [-0.4, -0.2) is 19.1 Å². The summed E-state index contributed by atoms with van der Waals surface area (Å²) in [6.45, 7) is 1.11. The van der Waals surface area contributed by atoms with E-state index in [4.69, 9.17) is 5.73 Å². The van der Waals surface area contributed by atoms with Gasteiger partial charge < -0.3 is 10.6 Å². The van der Waals surface area contributed by atoms with Crippen molar-refractivity contribution in [1.82, 2.24) is 0 Å². The normalized spacial score (nSPS) is 21.1. The molecule has 1 aromatic rings. The second-order valence-corrected chi connectivity index (χ2v) is 4.54. The van der Waals surface area contributed by atoms with Crippen molar-refractivity contribution in [2.45, 2.75) is 12.5 Å². The molecule has 1 aliphatic heterocycles. The minimum Gasteiger partial charge on any atom is -0.365 e. The molecule has 15 heavy (non-hydrogen) atoms. The first-order valence-electron chi connectivity index (χ1n) is 4.73. The lowest BCUT2D eigenvalue weighted by Crippen LogP contribution is -2.27. The van der Waals surface area contributed by atoms with Crippen molar-refractivity contribution in [2.75, 3.05) is 18.0 Å². The predicted octanol–water partition coefficient (Wildman–Crippen LogP) is 2.26. The Hall–Kier alpha value is -0.680. The van der Waals surface area contributed by atoms with Crippen LogP contribution in [0.5, 0.6) is 0 Å². The van der Waals surface area contributed by atoms with Crippen LogP contribution in [0.15, 0.2) is 16.6 Å². The molecule has 2 rings (SSSR count). The summed E-state index contributed by atoms with van der Waals surface area (Å²) in [5.41, 5.74) is 5.73. The van der Waals surface area contributed by atoms with Crippen molar-refractivity contribution in [3.63, 3.8) is 0 Å². The molecule has 1 aliphatic rings. The molecule has 1 heterocycles. The molecule has 1 atom stereocenters. The summed E-state index contributed by atoms with van der Waals surface area (Å²) in [5.74, 6) is -1.09. The van der Waals surface area contributed by atoms with Gasteiger partial charge in [0.2, 0.25) is 0 Å². The maximum Gasteiger partial charge on any atom is 0.163 e. The van der Waals surface area contributed by atoms with Gasteiger partial charge in [0.15, 0.2) is 5.82 Å². The van der Waals surface area contributed by atoms with Crippen LogP contribution in [0.3, 0.4) is 0 Å². The van der Waals surface area contributed by atoms with E-state index in [1.54, 1.807) is 4.90 Å². The topological polar surface area (TPSA) is 29.3 Å². The Morgan fingerprint density at radius 3 is 2.73 bits per heavy atom. The van der Waals surface area contributed by atoms with Crippen molar-refractivity contribution >= 4 is 21.6 Å². The van der Waals surface area contributed by atoms with Crippen molar-refractivity contribution in [3.05, 3.63) is 28.2 Å². The predicted molar refractivity (Wildman–Crippen MR) is 58.9 cm³/mol. The second-order valence-electron chi connectivity index (χ2n) is 3.69. The molecule has 82 valence electrons. The number of rotatable bonds is 1. The van der Waals surface area contributed by atoms with Crippen molar-refractivity contribution in [2.24, 2.45) is 5.73 Å². The highest BCUT2D eigenvalue weighted by atomic mass is 79.9. The van der Waals surface area contributed by atoms with Gasteiger partial charge in [-0.25, -0.2) is 8.78 Å². The van der Waals surface area contributed by atoms with Crippen LogP contribution in [0.4, 0.5) is 14.5 Å². The monoisotopic (exact) mass is 276 g/mol. The highest BCUT2D eigenvalue weighted by Crippen LogP contribution is 2.31. The van der Waals surface area contributed by atoms with Gasteiger partial charge in [-0.1, -0.05) is 0 Å². The lowest BCUT2D eigenvalue weighted by molar-refractivity contribution is 0.573. The van der Waals surface area contributed by atoms with Crippen molar-refractivity contribution < 1.29 is 8.78 Å². The third-order valence-electron chi connectivity index (χ3n) is 2.56. The summed E-state index contributed by atoms with van der Waals surface area (Å²) in [6, 6.07) is 2.62. The number of anilines is 1. The number of benzene rings is 1. The smallest absolute Gasteiger partial charge is 0.163 e. The van der Waals surface area contributed by atoms with Gasteiger partial charge in [-0.2, -0.15) is 0 Å². The summed E-state index contributed by atoms with van der Waals surface area (Å²) >= 11 is 3.04. The molecule has 0 radical (unpaired) electrons. The maximum absolute atomic E-state index is 13.7. The molecule has 0 aliphatic carbocycles. The highest BCUT2D eigenvalue weighted by molar-refractivity contribution is 9.10. The fraction of sp³-hybridized carbons (Fsp3) is 0.400. The summed E-state index contributed by atoms with van der Waals surface area (Å²) in [6.07, 6.45) is 0.769. The van der Waals surface area contributed by atoms with E-state index in [1.165, 1.54) is 12.1 Å². The summed E-state index contributed by atoms with van der Waals surface area (Å²) in [5, 5.41) is 0. The molecule has 1 unspecified atom stereocenters. The largest absolute Gasteiger partial charge is 0.365 e. The van der Waals surface area contributed by atoms with Crippen LogP contribution in [-0.2, 0) is 0 Å². The Morgan fingerprint density at radius 2 is 2.13 bits per heavy atom. The average molecular weight is 277 g/mol. The first kappa shape index (κ1) is 10.8. The van der Waals surface area contributed by atoms with E-state index < -0.39 is 11.6 Å². The first-order valence-corrected chi connectivity index (χ1v) is 5.53. The number of hydrogen-bond donors (Lipinski definition) is 1. The standard InChI is InChI=1S/C10H11BrF2N2/c11-7-1-2-8(12)10(9(7)13)15-4-3-6(14)5-15/h1-2,6H,3-5,14H2. The third kappa shape index (κ3) is 1.99. The minimum absolute atomic E-state index is 0.00258. The molecule has 1 fully saturated rings. The average Bonchev–Trinajstić information content (AvgIpc) is 2.59. The van der Waals surface area contributed by atoms with Crippen LogP contribution >= 0.6 is 15.9 Å². The van der Waals surface area contributed by atoms with E-state index in [0.29, 0.717) is 13.1 Å². The summed E-state index contributed by atoms with van der Waals surface area (Å²) < 4.78 is 27.4.